The zero-order chi connectivity index (χ0) is 13.0. The first-order valence-corrected chi connectivity index (χ1v) is 6.29. The number of halogens is 1. The van der Waals surface area contributed by atoms with E-state index in [-0.39, 0.29) is 5.82 Å². The van der Waals surface area contributed by atoms with Crippen LogP contribution < -0.4 is 5.32 Å². The van der Waals surface area contributed by atoms with Gasteiger partial charge in [-0.25, -0.2) is 4.39 Å². The maximum atomic E-state index is 13.2. The van der Waals surface area contributed by atoms with E-state index in [0.717, 1.165) is 26.0 Å². The third-order valence-corrected chi connectivity index (χ3v) is 3.34. The van der Waals surface area contributed by atoms with Gasteiger partial charge in [-0.05, 0) is 31.0 Å². The first-order chi connectivity index (χ1) is 8.72. The van der Waals surface area contributed by atoms with Crippen molar-refractivity contribution in [2.75, 3.05) is 18.5 Å². The highest BCUT2D eigenvalue weighted by Crippen LogP contribution is 2.24. The van der Waals surface area contributed by atoms with E-state index in [2.05, 4.69) is 12.2 Å². The summed E-state index contributed by atoms with van der Waals surface area (Å²) in [4.78, 5) is 0. The van der Waals surface area contributed by atoms with Gasteiger partial charge in [0.25, 0.3) is 0 Å². The molecule has 96 valence electrons. The number of ether oxygens (including phenoxy) is 1. The van der Waals surface area contributed by atoms with Crippen LogP contribution in [0.5, 0.6) is 0 Å². The van der Waals surface area contributed by atoms with Crippen molar-refractivity contribution in [3.8, 4) is 6.07 Å². The molecule has 1 aliphatic heterocycles. The molecule has 0 bridgehead atoms. The van der Waals surface area contributed by atoms with Gasteiger partial charge in [0, 0.05) is 24.8 Å². The largest absolute Gasteiger partial charge is 0.385 e. The Morgan fingerprint density at radius 1 is 1.50 bits per heavy atom. The predicted octanol–water partition coefficient (Wildman–Crippen LogP) is 2.92. The molecule has 2 atom stereocenters. The van der Waals surface area contributed by atoms with Crippen molar-refractivity contribution in [1.29, 1.82) is 5.26 Å². The summed E-state index contributed by atoms with van der Waals surface area (Å²) < 4.78 is 18.8. The number of rotatable bonds is 4. The normalized spacial score (nSPS) is 22.7. The Labute approximate surface area is 107 Å². The van der Waals surface area contributed by atoms with Gasteiger partial charge in [0.2, 0.25) is 0 Å². The van der Waals surface area contributed by atoms with Crippen LogP contribution >= 0.6 is 0 Å². The lowest BCUT2D eigenvalue weighted by Gasteiger charge is -2.18. The maximum absolute atomic E-state index is 13.2. The van der Waals surface area contributed by atoms with E-state index in [4.69, 9.17) is 10.00 Å². The van der Waals surface area contributed by atoms with E-state index >= 15 is 0 Å². The zero-order valence-electron chi connectivity index (χ0n) is 10.4. The van der Waals surface area contributed by atoms with Crippen molar-refractivity contribution >= 4 is 5.69 Å². The Bertz CT molecular complexity index is 456. The van der Waals surface area contributed by atoms with Crippen LogP contribution in [0.4, 0.5) is 10.1 Å². The first kappa shape index (κ1) is 12.8. The lowest BCUT2D eigenvalue weighted by molar-refractivity contribution is 0.0900. The van der Waals surface area contributed by atoms with E-state index in [1.54, 1.807) is 6.07 Å². The second kappa shape index (κ2) is 5.83. The molecule has 0 radical (unpaired) electrons. The Morgan fingerprint density at radius 3 is 3.06 bits per heavy atom. The van der Waals surface area contributed by atoms with Crippen LogP contribution in [0.2, 0.25) is 0 Å². The summed E-state index contributed by atoms with van der Waals surface area (Å²) in [6.45, 7) is 3.67. The molecule has 1 heterocycles. The topological polar surface area (TPSA) is 45.0 Å². The van der Waals surface area contributed by atoms with Crippen molar-refractivity contribution in [3.05, 3.63) is 29.6 Å². The maximum Gasteiger partial charge on any atom is 0.126 e. The summed E-state index contributed by atoms with van der Waals surface area (Å²) in [7, 11) is 0. The minimum atomic E-state index is -0.383. The van der Waals surface area contributed by atoms with Gasteiger partial charge < -0.3 is 10.1 Å². The smallest absolute Gasteiger partial charge is 0.126 e. The highest BCUT2D eigenvalue weighted by Gasteiger charge is 2.26. The van der Waals surface area contributed by atoms with Crippen molar-refractivity contribution in [2.45, 2.75) is 25.9 Å². The molecule has 2 rings (SSSR count). The van der Waals surface area contributed by atoms with E-state index in [9.17, 15) is 4.39 Å². The number of hydrogen-bond acceptors (Lipinski definition) is 3. The average molecular weight is 248 g/mol. The zero-order valence-corrected chi connectivity index (χ0v) is 10.4. The van der Waals surface area contributed by atoms with Crippen molar-refractivity contribution < 1.29 is 9.13 Å². The molecular formula is C14H17FN2O. The highest BCUT2D eigenvalue weighted by molar-refractivity contribution is 5.49. The Morgan fingerprint density at radius 2 is 2.33 bits per heavy atom. The molecule has 1 N–H and O–H groups in total. The summed E-state index contributed by atoms with van der Waals surface area (Å²) in [5.74, 6) is 0.0788. The van der Waals surface area contributed by atoms with Crippen LogP contribution in [0.3, 0.4) is 0 Å². The molecule has 0 saturated carbocycles. The van der Waals surface area contributed by atoms with Gasteiger partial charge >= 0.3 is 0 Å². The van der Waals surface area contributed by atoms with E-state index in [0.29, 0.717) is 23.3 Å². The summed E-state index contributed by atoms with van der Waals surface area (Å²) >= 11 is 0. The monoisotopic (exact) mass is 248 g/mol. The van der Waals surface area contributed by atoms with E-state index in [1.807, 2.05) is 6.07 Å². The Balaban J connectivity index is 1.98. The van der Waals surface area contributed by atoms with Crippen LogP contribution in [-0.2, 0) is 4.74 Å². The minimum absolute atomic E-state index is 0.293. The van der Waals surface area contributed by atoms with Crippen LogP contribution in [0.1, 0.15) is 25.3 Å². The quantitative estimate of drug-likeness (QED) is 0.891. The molecule has 1 aromatic carbocycles. The van der Waals surface area contributed by atoms with Gasteiger partial charge in [0.05, 0.1) is 17.7 Å². The number of nitrogens with one attached hydrogen (secondary N) is 1. The molecule has 0 amide bonds. The molecule has 1 aliphatic rings. The van der Waals surface area contributed by atoms with Gasteiger partial charge in [-0.2, -0.15) is 5.26 Å². The molecule has 1 aromatic rings. The number of benzene rings is 1. The SMILES string of the molecule is CCC1OCCC1CNc1cc(F)cc(C#N)c1. The van der Waals surface area contributed by atoms with Gasteiger partial charge in [0.1, 0.15) is 5.82 Å². The molecule has 3 nitrogen and oxygen atoms in total. The van der Waals surface area contributed by atoms with Crippen LogP contribution in [0, 0.1) is 23.1 Å². The van der Waals surface area contributed by atoms with Gasteiger partial charge in [-0.3, -0.25) is 0 Å². The van der Waals surface area contributed by atoms with Gasteiger partial charge in [0.15, 0.2) is 0 Å². The lowest BCUT2D eigenvalue weighted by Crippen LogP contribution is -2.22. The van der Waals surface area contributed by atoms with Gasteiger partial charge in [-0.1, -0.05) is 6.92 Å². The van der Waals surface area contributed by atoms with Gasteiger partial charge in [-0.15, -0.1) is 0 Å². The highest BCUT2D eigenvalue weighted by atomic mass is 19.1. The molecule has 0 spiro atoms. The Kier molecular flexibility index (Phi) is 4.16. The second-order valence-electron chi connectivity index (χ2n) is 4.59. The fraction of sp³-hybridized carbons (Fsp3) is 0.500. The van der Waals surface area contributed by atoms with Crippen molar-refractivity contribution in [3.63, 3.8) is 0 Å². The molecule has 0 aromatic heterocycles. The minimum Gasteiger partial charge on any atom is -0.385 e. The predicted molar refractivity (Wildman–Crippen MR) is 67.7 cm³/mol. The average Bonchev–Trinajstić information content (AvgIpc) is 2.83. The molecular weight excluding hydrogens is 231 g/mol. The third-order valence-electron chi connectivity index (χ3n) is 3.34. The fourth-order valence-corrected chi connectivity index (χ4v) is 2.38. The first-order valence-electron chi connectivity index (χ1n) is 6.29. The third kappa shape index (κ3) is 2.99. The summed E-state index contributed by atoms with van der Waals surface area (Å²) in [5.41, 5.74) is 1.00. The number of anilines is 1. The summed E-state index contributed by atoms with van der Waals surface area (Å²) in [5, 5.41) is 12.0. The van der Waals surface area contributed by atoms with Crippen LogP contribution in [-0.4, -0.2) is 19.3 Å². The molecule has 4 heteroatoms. The Hall–Kier alpha value is -1.60. The van der Waals surface area contributed by atoms with Crippen molar-refractivity contribution in [2.24, 2.45) is 5.92 Å². The summed E-state index contributed by atoms with van der Waals surface area (Å²) in [6.07, 6.45) is 2.33. The number of nitriles is 1. The van der Waals surface area contributed by atoms with Crippen LogP contribution in [0.25, 0.3) is 0 Å². The number of nitrogens with zero attached hydrogens (tertiary/aromatic N) is 1. The van der Waals surface area contributed by atoms with Crippen LogP contribution in [0.15, 0.2) is 18.2 Å². The van der Waals surface area contributed by atoms with Crippen molar-refractivity contribution in [1.82, 2.24) is 0 Å². The van der Waals surface area contributed by atoms with E-state index < -0.39 is 0 Å². The molecule has 1 saturated heterocycles. The standard InChI is InChI=1S/C14H17FN2O/c1-2-14-11(3-4-18-14)9-17-13-6-10(8-16)5-12(15)7-13/h5-7,11,14,17H,2-4,9H2,1H3. The fourth-order valence-electron chi connectivity index (χ4n) is 2.38. The molecule has 18 heavy (non-hydrogen) atoms. The van der Waals surface area contributed by atoms with E-state index in [1.165, 1.54) is 12.1 Å². The molecule has 1 fully saturated rings. The molecule has 0 aliphatic carbocycles. The number of hydrogen-bond donors (Lipinski definition) is 1. The molecule has 2 unspecified atom stereocenters. The second-order valence-corrected chi connectivity index (χ2v) is 4.59. The lowest BCUT2D eigenvalue weighted by atomic mass is 9.99. The summed E-state index contributed by atoms with van der Waals surface area (Å²) in [6, 6.07) is 6.27.